The monoisotopic (exact) mass is 467 g/mol. The van der Waals surface area contributed by atoms with E-state index in [1.54, 1.807) is 0 Å². The normalized spacial score (nSPS) is 10.8. The highest BCUT2D eigenvalue weighted by Crippen LogP contribution is 2.27. The average molecular weight is 468 g/mol. The van der Waals surface area contributed by atoms with Gasteiger partial charge in [-0.25, -0.2) is 4.98 Å². The van der Waals surface area contributed by atoms with E-state index in [0.717, 1.165) is 17.7 Å². The Morgan fingerprint density at radius 3 is 2.14 bits per heavy atom. The zero-order valence-electron chi connectivity index (χ0n) is 19.8. The van der Waals surface area contributed by atoms with Gasteiger partial charge >= 0.3 is 0 Å². The van der Waals surface area contributed by atoms with Crippen LogP contribution in [-0.2, 0) is 11.3 Å². The maximum atomic E-state index is 12.6. The summed E-state index contributed by atoms with van der Waals surface area (Å²) in [6.07, 6.45) is 2.17. The number of amides is 1. The Morgan fingerprint density at radius 2 is 1.57 bits per heavy atom. The molecule has 0 radical (unpaired) electrons. The number of nitrogens with one attached hydrogen (secondary N) is 1. The van der Waals surface area contributed by atoms with Gasteiger partial charge in [-0.1, -0.05) is 60.7 Å². The summed E-state index contributed by atoms with van der Waals surface area (Å²) in [4.78, 5) is 29.5. The van der Waals surface area contributed by atoms with Crippen molar-refractivity contribution < 1.29 is 9.53 Å². The molecule has 4 aromatic rings. The smallest absolute Gasteiger partial charge is 0.254 e. The zero-order chi connectivity index (χ0) is 24.5. The van der Waals surface area contributed by atoms with E-state index in [-0.39, 0.29) is 23.9 Å². The number of ether oxygens (including phenoxy) is 1. The molecule has 178 valence electrons. The lowest BCUT2D eigenvalue weighted by molar-refractivity contribution is -0.121. The first kappa shape index (κ1) is 24.0. The van der Waals surface area contributed by atoms with E-state index >= 15 is 0 Å². The van der Waals surface area contributed by atoms with E-state index in [1.165, 1.54) is 28.1 Å². The van der Waals surface area contributed by atoms with Crippen molar-refractivity contribution in [3.05, 3.63) is 119 Å². The molecule has 0 aliphatic carbocycles. The van der Waals surface area contributed by atoms with E-state index in [1.807, 2.05) is 67.6 Å². The Balaban J connectivity index is 1.36. The number of nitrogens with zero attached hydrogens (tertiary/aromatic N) is 2. The van der Waals surface area contributed by atoms with Crippen LogP contribution in [0.5, 0.6) is 5.75 Å². The summed E-state index contributed by atoms with van der Waals surface area (Å²) in [6.45, 7) is 2.95. The molecule has 0 saturated heterocycles. The summed E-state index contributed by atoms with van der Waals surface area (Å²) >= 11 is 0. The Hall–Kier alpha value is -4.19. The molecule has 0 atom stereocenters. The molecular formula is C29H29N3O3. The number of benzene rings is 3. The lowest BCUT2D eigenvalue weighted by Crippen LogP contribution is -2.33. The van der Waals surface area contributed by atoms with Crippen LogP contribution in [0.2, 0.25) is 0 Å². The number of aromatic nitrogens is 2. The third-order valence-corrected chi connectivity index (χ3v) is 5.81. The summed E-state index contributed by atoms with van der Waals surface area (Å²) in [6, 6.07) is 29.4. The molecule has 6 heteroatoms. The second-order valence-corrected chi connectivity index (χ2v) is 8.21. The van der Waals surface area contributed by atoms with Crippen LogP contribution in [-0.4, -0.2) is 28.6 Å². The van der Waals surface area contributed by atoms with Crippen molar-refractivity contribution in [3.8, 4) is 17.0 Å². The third-order valence-electron chi connectivity index (χ3n) is 5.81. The molecule has 1 amide bonds. The Labute approximate surface area is 205 Å². The molecule has 1 N–H and O–H groups in total. The third kappa shape index (κ3) is 6.44. The number of rotatable bonds is 10. The van der Waals surface area contributed by atoms with E-state index in [4.69, 9.17) is 4.74 Å². The van der Waals surface area contributed by atoms with Gasteiger partial charge < -0.3 is 10.1 Å². The van der Waals surface area contributed by atoms with Crippen molar-refractivity contribution in [1.82, 2.24) is 14.9 Å². The van der Waals surface area contributed by atoms with Gasteiger partial charge in [0.1, 0.15) is 12.3 Å². The first-order valence-electron chi connectivity index (χ1n) is 11.8. The van der Waals surface area contributed by atoms with Crippen LogP contribution >= 0.6 is 0 Å². The second kappa shape index (κ2) is 11.8. The predicted octanol–water partition coefficient (Wildman–Crippen LogP) is 4.65. The minimum atomic E-state index is -0.273. The van der Waals surface area contributed by atoms with Crippen LogP contribution < -0.4 is 15.6 Å². The van der Waals surface area contributed by atoms with Crippen molar-refractivity contribution in [2.45, 2.75) is 25.8 Å². The zero-order valence-corrected chi connectivity index (χ0v) is 19.8. The van der Waals surface area contributed by atoms with Crippen LogP contribution in [0.15, 0.2) is 102 Å². The molecule has 0 spiro atoms. The van der Waals surface area contributed by atoms with Gasteiger partial charge in [-0.05, 0) is 48.7 Å². The van der Waals surface area contributed by atoms with Crippen molar-refractivity contribution in [1.29, 1.82) is 0 Å². The van der Waals surface area contributed by atoms with Crippen molar-refractivity contribution in [3.63, 3.8) is 0 Å². The second-order valence-electron chi connectivity index (χ2n) is 8.21. The summed E-state index contributed by atoms with van der Waals surface area (Å²) in [5, 5.41) is 2.95. The number of hydrogen-bond acceptors (Lipinski definition) is 4. The van der Waals surface area contributed by atoms with Crippen LogP contribution in [0.25, 0.3) is 11.3 Å². The van der Waals surface area contributed by atoms with Gasteiger partial charge in [0.05, 0.1) is 18.6 Å². The molecule has 3 aromatic carbocycles. The van der Waals surface area contributed by atoms with Gasteiger partial charge in [0.2, 0.25) is 5.91 Å². The number of carbonyl (C=O) groups is 1. The Bertz CT molecular complexity index is 1250. The van der Waals surface area contributed by atoms with Gasteiger partial charge in [0.25, 0.3) is 5.56 Å². The van der Waals surface area contributed by atoms with Gasteiger partial charge in [-0.3, -0.25) is 14.2 Å². The van der Waals surface area contributed by atoms with Gasteiger partial charge in [-0.2, -0.15) is 0 Å². The van der Waals surface area contributed by atoms with Crippen LogP contribution in [0.1, 0.15) is 30.4 Å². The SMILES string of the molecule is CCOc1ccc(-c2cc(=O)n(CC(=O)NCCC(c3ccccc3)c3ccccc3)cn2)cc1. The largest absolute Gasteiger partial charge is 0.494 e. The molecule has 1 heterocycles. The molecule has 0 saturated carbocycles. The Morgan fingerprint density at radius 1 is 0.943 bits per heavy atom. The van der Waals surface area contributed by atoms with Crippen LogP contribution in [0, 0.1) is 0 Å². The lowest BCUT2D eigenvalue weighted by Gasteiger charge is -2.18. The number of hydrogen-bond donors (Lipinski definition) is 1. The lowest BCUT2D eigenvalue weighted by atomic mass is 9.88. The minimum Gasteiger partial charge on any atom is -0.494 e. The van der Waals surface area contributed by atoms with Gasteiger partial charge in [-0.15, -0.1) is 0 Å². The Kier molecular flexibility index (Phi) is 8.07. The van der Waals surface area contributed by atoms with Crippen molar-refractivity contribution in [2.75, 3.05) is 13.2 Å². The molecule has 35 heavy (non-hydrogen) atoms. The highest BCUT2D eigenvalue weighted by Gasteiger charge is 2.14. The maximum absolute atomic E-state index is 12.6. The highest BCUT2D eigenvalue weighted by atomic mass is 16.5. The molecule has 0 aliphatic rings. The fraction of sp³-hybridized carbons (Fsp3) is 0.207. The summed E-state index contributed by atoms with van der Waals surface area (Å²) in [5.74, 6) is 0.723. The average Bonchev–Trinajstić information content (AvgIpc) is 2.89. The van der Waals surface area contributed by atoms with E-state index in [2.05, 4.69) is 34.6 Å². The predicted molar refractivity (Wildman–Crippen MR) is 137 cm³/mol. The first-order valence-corrected chi connectivity index (χ1v) is 11.8. The summed E-state index contributed by atoms with van der Waals surface area (Å²) in [5.41, 5.74) is 3.51. The maximum Gasteiger partial charge on any atom is 0.254 e. The topological polar surface area (TPSA) is 73.2 Å². The molecule has 6 nitrogen and oxygen atoms in total. The van der Waals surface area contributed by atoms with Crippen molar-refractivity contribution >= 4 is 5.91 Å². The number of carbonyl (C=O) groups excluding carboxylic acids is 1. The van der Waals surface area contributed by atoms with Gasteiger partial charge in [0, 0.05) is 24.1 Å². The van der Waals surface area contributed by atoms with Crippen molar-refractivity contribution in [2.24, 2.45) is 0 Å². The van der Waals surface area contributed by atoms with E-state index < -0.39 is 0 Å². The molecule has 0 bridgehead atoms. The quantitative estimate of drug-likeness (QED) is 0.369. The van der Waals surface area contributed by atoms with Gasteiger partial charge in [0.15, 0.2) is 0 Å². The van der Waals surface area contributed by atoms with E-state index in [9.17, 15) is 9.59 Å². The molecule has 0 aliphatic heterocycles. The minimum absolute atomic E-state index is 0.0727. The summed E-state index contributed by atoms with van der Waals surface area (Å²) in [7, 11) is 0. The van der Waals surface area contributed by atoms with E-state index in [0.29, 0.717) is 18.8 Å². The molecule has 4 rings (SSSR count). The fourth-order valence-electron chi connectivity index (χ4n) is 4.05. The fourth-order valence-corrected chi connectivity index (χ4v) is 4.05. The summed E-state index contributed by atoms with van der Waals surface area (Å²) < 4.78 is 6.77. The van der Waals surface area contributed by atoms with Crippen LogP contribution in [0.3, 0.4) is 0 Å². The molecule has 1 aromatic heterocycles. The van der Waals surface area contributed by atoms with Crippen LogP contribution in [0.4, 0.5) is 0 Å². The highest BCUT2D eigenvalue weighted by molar-refractivity contribution is 5.75. The molecular weight excluding hydrogens is 438 g/mol. The standard InChI is InChI=1S/C29H29N3O3/c1-2-35-25-15-13-24(14-16-25)27-19-29(34)32(21-31-27)20-28(33)30-18-17-26(22-9-5-3-6-10-22)23-11-7-4-8-12-23/h3-16,19,21,26H,2,17-18,20H2,1H3,(H,30,33). The molecule has 0 unspecified atom stereocenters. The first-order chi connectivity index (χ1) is 17.1. The molecule has 0 fully saturated rings.